The minimum Gasteiger partial charge on any atom is -0.348 e. The first-order valence-electron chi connectivity index (χ1n) is 5.44. The second-order valence-corrected chi connectivity index (χ2v) is 3.98. The van der Waals surface area contributed by atoms with E-state index in [0.29, 0.717) is 5.56 Å². The van der Waals surface area contributed by atoms with Gasteiger partial charge < -0.3 is 5.32 Å². The van der Waals surface area contributed by atoms with E-state index in [-0.39, 0.29) is 11.3 Å². The number of aryl methyl sites for hydroxylation is 1. The standard InChI is InChI=1S/C14H9F3N2/c1-8-3-2-4-10(15)13(8)19-14-11(16)5-9(7-18)6-12(14)17/h2-6,19H,1H3. The number of hydrogen-bond donors (Lipinski definition) is 1. The molecule has 0 spiro atoms. The first-order valence-corrected chi connectivity index (χ1v) is 5.44. The summed E-state index contributed by atoms with van der Waals surface area (Å²) in [6, 6.07) is 7.73. The Bertz CT molecular complexity index is 632. The van der Waals surface area contributed by atoms with E-state index in [4.69, 9.17) is 5.26 Å². The molecule has 0 bridgehead atoms. The van der Waals surface area contributed by atoms with Crippen molar-refractivity contribution in [1.29, 1.82) is 5.26 Å². The zero-order valence-corrected chi connectivity index (χ0v) is 9.97. The fraction of sp³-hybridized carbons (Fsp3) is 0.0714. The number of halogens is 3. The molecule has 0 unspecified atom stereocenters. The number of nitrogens with one attached hydrogen (secondary N) is 1. The lowest BCUT2D eigenvalue weighted by Crippen LogP contribution is -2.02. The molecule has 0 aliphatic carbocycles. The molecule has 5 heteroatoms. The fourth-order valence-electron chi connectivity index (χ4n) is 1.67. The van der Waals surface area contributed by atoms with Crippen molar-refractivity contribution >= 4 is 11.4 Å². The average Bonchev–Trinajstić information content (AvgIpc) is 2.36. The first kappa shape index (κ1) is 13.0. The van der Waals surface area contributed by atoms with Gasteiger partial charge in [0, 0.05) is 0 Å². The van der Waals surface area contributed by atoms with Gasteiger partial charge in [0.25, 0.3) is 0 Å². The van der Waals surface area contributed by atoms with Gasteiger partial charge in [-0.2, -0.15) is 5.26 Å². The molecule has 0 radical (unpaired) electrons. The van der Waals surface area contributed by atoms with Gasteiger partial charge in [0.05, 0.1) is 17.3 Å². The van der Waals surface area contributed by atoms with Crippen LogP contribution >= 0.6 is 0 Å². The summed E-state index contributed by atoms with van der Waals surface area (Å²) in [5.74, 6) is -2.50. The van der Waals surface area contributed by atoms with E-state index in [1.54, 1.807) is 19.1 Å². The Balaban J connectivity index is 2.48. The summed E-state index contributed by atoms with van der Waals surface area (Å²) in [6.45, 7) is 1.62. The Kier molecular flexibility index (Phi) is 3.43. The molecule has 96 valence electrons. The van der Waals surface area contributed by atoms with Crippen molar-refractivity contribution in [2.24, 2.45) is 0 Å². The molecule has 0 heterocycles. The van der Waals surface area contributed by atoms with Gasteiger partial charge in [0.2, 0.25) is 0 Å². The smallest absolute Gasteiger partial charge is 0.150 e. The number of rotatable bonds is 2. The van der Waals surface area contributed by atoms with Gasteiger partial charge in [0.15, 0.2) is 11.6 Å². The Morgan fingerprint density at radius 3 is 2.16 bits per heavy atom. The van der Waals surface area contributed by atoms with Crippen molar-refractivity contribution < 1.29 is 13.2 Å². The molecule has 0 fully saturated rings. The van der Waals surface area contributed by atoms with Gasteiger partial charge in [-0.3, -0.25) is 0 Å². The van der Waals surface area contributed by atoms with Crippen LogP contribution in [0.15, 0.2) is 30.3 Å². The summed E-state index contributed by atoms with van der Waals surface area (Å²) >= 11 is 0. The predicted octanol–water partition coefficient (Wildman–Crippen LogP) is 4.03. The number of hydrogen-bond acceptors (Lipinski definition) is 2. The summed E-state index contributed by atoms with van der Waals surface area (Å²) in [6.07, 6.45) is 0. The largest absolute Gasteiger partial charge is 0.348 e. The van der Waals surface area contributed by atoms with Crippen LogP contribution < -0.4 is 5.32 Å². The van der Waals surface area contributed by atoms with Gasteiger partial charge in [-0.25, -0.2) is 13.2 Å². The van der Waals surface area contributed by atoms with Gasteiger partial charge in [-0.15, -0.1) is 0 Å². The summed E-state index contributed by atoms with van der Waals surface area (Å²) in [5.41, 5.74) is -0.0915. The summed E-state index contributed by atoms with van der Waals surface area (Å²) in [4.78, 5) is 0. The number of nitriles is 1. The van der Waals surface area contributed by atoms with E-state index in [1.165, 1.54) is 12.1 Å². The molecule has 0 amide bonds. The van der Waals surface area contributed by atoms with E-state index < -0.39 is 23.1 Å². The van der Waals surface area contributed by atoms with Crippen LogP contribution in [0.5, 0.6) is 0 Å². The first-order chi connectivity index (χ1) is 9.02. The minimum absolute atomic E-state index is 0.00464. The Morgan fingerprint density at radius 1 is 1.00 bits per heavy atom. The molecule has 2 nitrogen and oxygen atoms in total. The second-order valence-electron chi connectivity index (χ2n) is 3.98. The van der Waals surface area contributed by atoms with Crippen LogP contribution in [0.4, 0.5) is 24.5 Å². The van der Waals surface area contributed by atoms with Gasteiger partial charge in [-0.1, -0.05) is 12.1 Å². The van der Waals surface area contributed by atoms with E-state index in [2.05, 4.69) is 5.32 Å². The van der Waals surface area contributed by atoms with Gasteiger partial charge in [0.1, 0.15) is 11.5 Å². The van der Waals surface area contributed by atoms with Crippen molar-refractivity contribution in [3.05, 3.63) is 58.9 Å². The van der Waals surface area contributed by atoms with E-state index in [1.807, 2.05) is 0 Å². The molecule has 0 saturated heterocycles. The van der Waals surface area contributed by atoms with E-state index in [9.17, 15) is 13.2 Å². The molecule has 19 heavy (non-hydrogen) atoms. The molecular weight excluding hydrogens is 253 g/mol. The molecule has 0 saturated carbocycles. The van der Waals surface area contributed by atoms with Crippen molar-refractivity contribution in [1.82, 2.24) is 0 Å². The van der Waals surface area contributed by atoms with Crippen LogP contribution in [0.2, 0.25) is 0 Å². The number of para-hydroxylation sites is 1. The summed E-state index contributed by atoms with van der Waals surface area (Å²) in [5, 5.41) is 11.0. The molecule has 0 aliphatic rings. The Labute approximate surface area is 108 Å². The zero-order valence-electron chi connectivity index (χ0n) is 9.97. The second kappa shape index (κ2) is 5.02. The SMILES string of the molecule is Cc1cccc(F)c1Nc1c(F)cc(C#N)cc1F. The summed E-state index contributed by atoms with van der Waals surface area (Å²) in [7, 11) is 0. The zero-order chi connectivity index (χ0) is 14.0. The highest BCUT2D eigenvalue weighted by Crippen LogP contribution is 2.28. The number of anilines is 2. The molecule has 0 aliphatic heterocycles. The number of nitrogens with zero attached hydrogens (tertiary/aromatic N) is 1. The maximum absolute atomic E-state index is 13.7. The maximum Gasteiger partial charge on any atom is 0.150 e. The summed E-state index contributed by atoms with van der Waals surface area (Å²) < 4.78 is 40.9. The minimum atomic E-state index is -0.945. The van der Waals surface area contributed by atoms with Gasteiger partial charge >= 0.3 is 0 Å². The molecule has 0 atom stereocenters. The topological polar surface area (TPSA) is 35.8 Å². The van der Waals surface area contributed by atoms with Crippen molar-refractivity contribution in [3.8, 4) is 6.07 Å². The lowest BCUT2D eigenvalue weighted by atomic mass is 10.1. The van der Waals surface area contributed by atoms with Crippen LogP contribution in [-0.4, -0.2) is 0 Å². The van der Waals surface area contributed by atoms with Gasteiger partial charge in [-0.05, 0) is 30.7 Å². The molecule has 2 aromatic rings. The van der Waals surface area contributed by atoms with Crippen molar-refractivity contribution in [2.75, 3.05) is 5.32 Å². The van der Waals surface area contributed by atoms with Crippen LogP contribution in [0, 0.1) is 35.7 Å². The lowest BCUT2D eigenvalue weighted by molar-refractivity contribution is 0.588. The van der Waals surface area contributed by atoms with Crippen molar-refractivity contribution in [3.63, 3.8) is 0 Å². The molecule has 0 aromatic heterocycles. The average molecular weight is 262 g/mol. The third-order valence-corrected chi connectivity index (χ3v) is 2.64. The highest BCUT2D eigenvalue weighted by molar-refractivity contribution is 5.65. The number of benzene rings is 2. The highest BCUT2D eigenvalue weighted by atomic mass is 19.1. The van der Waals surface area contributed by atoms with Crippen LogP contribution in [0.25, 0.3) is 0 Å². The van der Waals surface area contributed by atoms with Crippen LogP contribution in [0.1, 0.15) is 11.1 Å². The fourth-order valence-corrected chi connectivity index (χ4v) is 1.67. The normalized spacial score (nSPS) is 10.1. The van der Waals surface area contributed by atoms with Crippen molar-refractivity contribution in [2.45, 2.75) is 6.92 Å². The molecular formula is C14H9F3N2. The Hall–Kier alpha value is -2.48. The molecule has 2 rings (SSSR count). The molecule has 2 aromatic carbocycles. The van der Waals surface area contributed by atoms with Crippen LogP contribution in [-0.2, 0) is 0 Å². The quantitative estimate of drug-likeness (QED) is 0.887. The predicted molar refractivity (Wildman–Crippen MR) is 65.5 cm³/mol. The van der Waals surface area contributed by atoms with E-state index in [0.717, 1.165) is 12.1 Å². The lowest BCUT2D eigenvalue weighted by Gasteiger charge is -2.12. The van der Waals surface area contributed by atoms with E-state index >= 15 is 0 Å². The maximum atomic E-state index is 13.7. The monoisotopic (exact) mass is 262 g/mol. The molecule has 1 N–H and O–H groups in total. The van der Waals surface area contributed by atoms with Crippen LogP contribution in [0.3, 0.4) is 0 Å². The highest BCUT2D eigenvalue weighted by Gasteiger charge is 2.14. The third kappa shape index (κ3) is 2.52. The third-order valence-electron chi connectivity index (χ3n) is 2.64. The Morgan fingerprint density at radius 2 is 1.63 bits per heavy atom.